The number of nitrogens with one attached hydrogen (secondary N) is 1. The Morgan fingerprint density at radius 2 is 1.57 bits per heavy atom. The standard InChI is InChI=1S/C16H14F3NO/c1-11-2-6-13(7-3-11)15(21)20-10-12-4-8-14(9-5-12)16(17,18)19/h2-9H,10H2,1H3,(H,20,21). The molecule has 21 heavy (non-hydrogen) atoms. The van der Waals surface area contributed by atoms with Crippen LogP contribution in [0.25, 0.3) is 0 Å². The van der Waals surface area contributed by atoms with Crippen molar-refractivity contribution in [2.45, 2.75) is 19.6 Å². The zero-order valence-corrected chi connectivity index (χ0v) is 11.4. The number of amides is 1. The van der Waals surface area contributed by atoms with Gasteiger partial charge in [-0.1, -0.05) is 29.8 Å². The van der Waals surface area contributed by atoms with Gasteiger partial charge >= 0.3 is 6.18 Å². The van der Waals surface area contributed by atoms with Crippen molar-refractivity contribution in [3.8, 4) is 0 Å². The number of hydrogen-bond acceptors (Lipinski definition) is 1. The number of rotatable bonds is 3. The smallest absolute Gasteiger partial charge is 0.348 e. The van der Waals surface area contributed by atoms with E-state index in [2.05, 4.69) is 5.32 Å². The average Bonchev–Trinajstić information content (AvgIpc) is 2.45. The summed E-state index contributed by atoms with van der Waals surface area (Å²) < 4.78 is 37.3. The first kappa shape index (κ1) is 15.1. The van der Waals surface area contributed by atoms with E-state index in [9.17, 15) is 18.0 Å². The molecular formula is C16H14F3NO. The van der Waals surface area contributed by atoms with Gasteiger partial charge in [-0.25, -0.2) is 0 Å². The zero-order valence-electron chi connectivity index (χ0n) is 11.4. The van der Waals surface area contributed by atoms with Crippen LogP contribution in [0.5, 0.6) is 0 Å². The third kappa shape index (κ3) is 4.08. The molecule has 2 rings (SSSR count). The van der Waals surface area contributed by atoms with Crippen LogP contribution in [-0.4, -0.2) is 5.91 Å². The summed E-state index contributed by atoms with van der Waals surface area (Å²) in [6.07, 6.45) is -4.34. The van der Waals surface area contributed by atoms with Gasteiger partial charge in [-0.15, -0.1) is 0 Å². The molecule has 1 N–H and O–H groups in total. The lowest BCUT2D eigenvalue weighted by atomic mass is 10.1. The van der Waals surface area contributed by atoms with E-state index in [1.165, 1.54) is 12.1 Å². The summed E-state index contributed by atoms with van der Waals surface area (Å²) in [5.74, 6) is -0.255. The average molecular weight is 293 g/mol. The van der Waals surface area contributed by atoms with Crippen molar-refractivity contribution >= 4 is 5.91 Å². The Labute approximate surface area is 120 Å². The molecule has 5 heteroatoms. The number of alkyl halides is 3. The molecule has 0 bridgehead atoms. The van der Waals surface area contributed by atoms with Gasteiger partial charge < -0.3 is 5.32 Å². The topological polar surface area (TPSA) is 29.1 Å². The van der Waals surface area contributed by atoms with Gasteiger partial charge in [0.25, 0.3) is 5.91 Å². The molecule has 0 saturated carbocycles. The van der Waals surface area contributed by atoms with Gasteiger partial charge in [-0.05, 0) is 36.8 Å². The maximum atomic E-state index is 12.4. The Morgan fingerprint density at radius 1 is 1.00 bits per heavy atom. The number of hydrogen-bond donors (Lipinski definition) is 1. The molecule has 0 fully saturated rings. The van der Waals surface area contributed by atoms with Crippen molar-refractivity contribution in [2.24, 2.45) is 0 Å². The Bertz CT molecular complexity index is 615. The van der Waals surface area contributed by atoms with Crippen molar-refractivity contribution in [3.63, 3.8) is 0 Å². The molecule has 0 unspecified atom stereocenters. The molecule has 2 nitrogen and oxygen atoms in total. The molecule has 1 amide bonds. The Balaban J connectivity index is 1.97. The van der Waals surface area contributed by atoms with Gasteiger partial charge in [0, 0.05) is 12.1 Å². The molecule has 0 atom stereocenters. The van der Waals surface area contributed by atoms with E-state index in [4.69, 9.17) is 0 Å². The van der Waals surface area contributed by atoms with Crippen LogP contribution in [-0.2, 0) is 12.7 Å². The molecule has 0 aliphatic carbocycles. The van der Waals surface area contributed by atoms with Crippen LogP contribution in [0, 0.1) is 6.92 Å². The highest BCUT2D eigenvalue weighted by Gasteiger charge is 2.29. The summed E-state index contributed by atoms with van der Waals surface area (Å²) in [5.41, 5.74) is 1.49. The fraction of sp³-hybridized carbons (Fsp3) is 0.188. The van der Waals surface area contributed by atoms with Gasteiger partial charge in [0.2, 0.25) is 0 Å². The fourth-order valence-electron chi connectivity index (χ4n) is 1.80. The summed E-state index contributed by atoms with van der Waals surface area (Å²) in [4.78, 5) is 11.9. The van der Waals surface area contributed by atoms with E-state index < -0.39 is 11.7 Å². The van der Waals surface area contributed by atoms with E-state index in [0.717, 1.165) is 17.7 Å². The highest BCUT2D eigenvalue weighted by atomic mass is 19.4. The summed E-state index contributed by atoms with van der Waals surface area (Å²) in [7, 11) is 0. The monoisotopic (exact) mass is 293 g/mol. The van der Waals surface area contributed by atoms with Crippen LogP contribution < -0.4 is 5.32 Å². The van der Waals surface area contributed by atoms with Gasteiger partial charge in [0.15, 0.2) is 0 Å². The van der Waals surface area contributed by atoms with E-state index in [-0.39, 0.29) is 12.5 Å². The van der Waals surface area contributed by atoms with Crippen LogP contribution >= 0.6 is 0 Å². The minimum Gasteiger partial charge on any atom is -0.348 e. The molecule has 2 aromatic rings. The van der Waals surface area contributed by atoms with E-state index in [1.807, 2.05) is 19.1 Å². The van der Waals surface area contributed by atoms with E-state index in [0.29, 0.717) is 11.1 Å². The SMILES string of the molecule is Cc1ccc(C(=O)NCc2ccc(C(F)(F)F)cc2)cc1. The highest BCUT2D eigenvalue weighted by Crippen LogP contribution is 2.29. The summed E-state index contributed by atoms with van der Waals surface area (Å²) in [6, 6.07) is 11.8. The number of carbonyl (C=O) groups is 1. The molecule has 110 valence electrons. The molecule has 0 heterocycles. The first-order chi connectivity index (χ1) is 9.86. The Hall–Kier alpha value is -2.30. The fourth-order valence-corrected chi connectivity index (χ4v) is 1.80. The lowest BCUT2D eigenvalue weighted by Crippen LogP contribution is -2.22. The van der Waals surface area contributed by atoms with Crippen LogP contribution in [0.2, 0.25) is 0 Å². The van der Waals surface area contributed by atoms with Gasteiger partial charge in [-0.2, -0.15) is 13.2 Å². The van der Waals surface area contributed by atoms with E-state index >= 15 is 0 Å². The minimum atomic E-state index is -4.34. The first-order valence-electron chi connectivity index (χ1n) is 6.37. The molecule has 0 aliphatic rings. The maximum Gasteiger partial charge on any atom is 0.416 e. The van der Waals surface area contributed by atoms with Gasteiger partial charge in [0.05, 0.1) is 5.56 Å². The number of halogens is 3. The van der Waals surface area contributed by atoms with Gasteiger partial charge in [0.1, 0.15) is 0 Å². The first-order valence-corrected chi connectivity index (χ1v) is 6.37. The number of benzene rings is 2. The zero-order chi connectivity index (χ0) is 15.5. The molecule has 0 radical (unpaired) electrons. The van der Waals surface area contributed by atoms with Crippen LogP contribution in [0.1, 0.15) is 27.0 Å². The van der Waals surface area contributed by atoms with Crippen molar-refractivity contribution < 1.29 is 18.0 Å². The Morgan fingerprint density at radius 3 is 2.10 bits per heavy atom. The quantitative estimate of drug-likeness (QED) is 0.912. The lowest BCUT2D eigenvalue weighted by Gasteiger charge is -2.09. The second-order valence-corrected chi connectivity index (χ2v) is 4.74. The van der Waals surface area contributed by atoms with Gasteiger partial charge in [-0.3, -0.25) is 4.79 Å². The molecule has 0 aliphatic heterocycles. The molecular weight excluding hydrogens is 279 g/mol. The number of carbonyl (C=O) groups excluding carboxylic acids is 1. The lowest BCUT2D eigenvalue weighted by molar-refractivity contribution is -0.137. The third-order valence-corrected chi connectivity index (χ3v) is 3.05. The van der Waals surface area contributed by atoms with Crippen molar-refractivity contribution in [3.05, 3.63) is 70.8 Å². The normalized spacial score (nSPS) is 11.2. The summed E-state index contributed by atoms with van der Waals surface area (Å²) >= 11 is 0. The predicted molar refractivity (Wildman–Crippen MR) is 73.8 cm³/mol. The second-order valence-electron chi connectivity index (χ2n) is 4.74. The van der Waals surface area contributed by atoms with E-state index in [1.54, 1.807) is 12.1 Å². The third-order valence-electron chi connectivity index (χ3n) is 3.05. The Kier molecular flexibility index (Phi) is 4.31. The highest BCUT2D eigenvalue weighted by molar-refractivity contribution is 5.94. The number of aryl methyl sites for hydroxylation is 1. The van der Waals surface area contributed by atoms with Crippen molar-refractivity contribution in [2.75, 3.05) is 0 Å². The minimum absolute atomic E-state index is 0.185. The van der Waals surface area contributed by atoms with Crippen LogP contribution in [0.3, 0.4) is 0 Å². The molecule has 0 saturated heterocycles. The van der Waals surface area contributed by atoms with Crippen molar-refractivity contribution in [1.29, 1.82) is 0 Å². The maximum absolute atomic E-state index is 12.4. The molecule has 0 aromatic heterocycles. The summed E-state index contributed by atoms with van der Waals surface area (Å²) in [6.45, 7) is 2.11. The van der Waals surface area contributed by atoms with Crippen molar-refractivity contribution in [1.82, 2.24) is 5.32 Å². The van der Waals surface area contributed by atoms with Crippen LogP contribution in [0.4, 0.5) is 13.2 Å². The molecule has 2 aromatic carbocycles. The van der Waals surface area contributed by atoms with Crippen LogP contribution in [0.15, 0.2) is 48.5 Å². The second kappa shape index (κ2) is 5.99. The largest absolute Gasteiger partial charge is 0.416 e. The predicted octanol–water partition coefficient (Wildman–Crippen LogP) is 3.94. The molecule has 0 spiro atoms. The summed E-state index contributed by atoms with van der Waals surface area (Å²) in [5, 5.41) is 2.67.